The lowest BCUT2D eigenvalue weighted by atomic mass is 9.94. The maximum absolute atomic E-state index is 13.8. The Morgan fingerprint density at radius 1 is 1.09 bits per heavy atom. The van der Waals surface area contributed by atoms with E-state index in [1.54, 1.807) is 30.2 Å². The van der Waals surface area contributed by atoms with Gasteiger partial charge in [-0.15, -0.1) is 11.3 Å². The zero-order valence-corrected chi connectivity index (χ0v) is 20.7. The number of thiophene rings is 1. The summed E-state index contributed by atoms with van der Waals surface area (Å²) in [6.45, 7) is 0.185. The highest BCUT2D eigenvalue weighted by Gasteiger charge is 2.33. The van der Waals surface area contributed by atoms with Crippen molar-refractivity contribution >= 4 is 23.2 Å². The number of hydrogen-bond acceptors (Lipinski definition) is 4. The molecular weight excluding hydrogens is 463 g/mol. The number of benzene rings is 2. The van der Waals surface area contributed by atoms with Crippen LogP contribution in [-0.2, 0) is 22.6 Å². The van der Waals surface area contributed by atoms with Gasteiger partial charge in [-0.05, 0) is 59.7 Å². The lowest BCUT2D eigenvalue weighted by molar-refractivity contribution is -0.141. The summed E-state index contributed by atoms with van der Waals surface area (Å²) >= 11 is 1.51. The fraction of sp³-hybridized carbons (Fsp3) is 0.357. The van der Waals surface area contributed by atoms with E-state index >= 15 is 0 Å². The Hall–Kier alpha value is -3.19. The van der Waals surface area contributed by atoms with Gasteiger partial charge in [-0.25, -0.2) is 4.39 Å². The van der Waals surface area contributed by atoms with Crippen molar-refractivity contribution in [1.82, 2.24) is 10.2 Å². The number of amides is 2. The maximum atomic E-state index is 13.8. The van der Waals surface area contributed by atoms with E-state index < -0.39 is 6.04 Å². The molecule has 1 heterocycles. The average Bonchev–Trinajstić information content (AvgIpc) is 3.38. The van der Waals surface area contributed by atoms with E-state index in [-0.39, 0.29) is 36.6 Å². The van der Waals surface area contributed by atoms with Crippen LogP contribution < -0.4 is 10.1 Å². The van der Waals surface area contributed by atoms with Gasteiger partial charge in [0.1, 0.15) is 17.6 Å². The smallest absolute Gasteiger partial charge is 0.247 e. The van der Waals surface area contributed by atoms with Gasteiger partial charge in [0.15, 0.2) is 0 Å². The first-order chi connectivity index (χ1) is 17.0. The molecule has 2 amide bonds. The molecule has 4 rings (SSSR count). The molecule has 1 saturated carbocycles. The Labute approximate surface area is 209 Å². The van der Waals surface area contributed by atoms with Crippen molar-refractivity contribution in [2.75, 3.05) is 7.11 Å². The Kier molecular flexibility index (Phi) is 8.53. The minimum Gasteiger partial charge on any atom is -0.497 e. The number of carbonyl (C=O) groups excluding carboxylic acids is 2. The van der Waals surface area contributed by atoms with Crippen LogP contribution in [0.5, 0.6) is 5.75 Å². The number of rotatable bonds is 9. The third-order valence-corrected chi connectivity index (χ3v) is 7.29. The second kappa shape index (κ2) is 12.0. The molecule has 3 aromatic rings. The molecular formula is C28H31FN2O3S. The van der Waals surface area contributed by atoms with Crippen LogP contribution in [-0.4, -0.2) is 29.9 Å². The predicted molar refractivity (Wildman–Crippen MR) is 136 cm³/mol. The first-order valence-corrected chi connectivity index (χ1v) is 12.9. The Morgan fingerprint density at radius 3 is 2.54 bits per heavy atom. The van der Waals surface area contributed by atoms with Gasteiger partial charge in [-0.3, -0.25) is 9.59 Å². The fourth-order valence-electron chi connectivity index (χ4n) is 4.59. The zero-order chi connectivity index (χ0) is 24.6. The minimum atomic E-state index is -0.843. The number of halogens is 1. The maximum Gasteiger partial charge on any atom is 0.247 e. The molecule has 0 radical (unpaired) electrons. The van der Waals surface area contributed by atoms with Gasteiger partial charge >= 0.3 is 0 Å². The summed E-state index contributed by atoms with van der Waals surface area (Å²) < 4.78 is 19.0. The minimum absolute atomic E-state index is 0.101. The molecule has 1 N–H and O–H groups in total. The van der Waals surface area contributed by atoms with E-state index in [2.05, 4.69) is 5.32 Å². The third kappa shape index (κ3) is 6.69. The first kappa shape index (κ1) is 24.9. The molecule has 1 aromatic heterocycles. The average molecular weight is 495 g/mol. The van der Waals surface area contributed by atoms with E-state index in [4.69, 9.17) is 4.74 Å². The van der Waals surface area contributed by atoms with Crippen molar-refractivity contribution in [2.45, 2.75) is 57.2 Å². The number of carbonyl (C=O) groups is 2. The van der Waals surface area contributed by atoms with Crippen LogP contribution in [0.3, 0.4) is 0 Å². The van der Waals surface area contributed by atoms with Gasteiger partial charge in [0.2, 0.25) is 11.8 Å². The molecule has 1 aliphatic carbocycles. The molecule has 1 fully saturated rings. The van der Waals surface area contributed by atoms with Crippen molar-refractivity contribution in [3.63, 3.8) is 0 Å². The van der Waals surface area contributed by atoms with E-state index in [9.17, 15) is 14.0 Å². The third-order valence-electron chi connectivity index (χ3n) is 6.41. The van der Waals surface area contributed by atoms with Crippen LogP contribution in [0.25, 0.3) is 0 Å². The number of hydrogen-bond donors (Lipinski definition) is 1. The molecule has 1 aliphatic rings. The van der Waals surface area contributed by atoms with Gasteiger partial charge in [0, 0.05) is 17.5 Å². The fourth-order valence-corrected chi connectivity index (χ4v) is 5.28. The highest BCUT2D eigenvalue weighted by molar-refractivity contribution is 7.10. The molecule has 0 bridgehead atoms. The van der Waals surface area contributed by atoms with Gasteiger partial charge in [0.05, 0.1) is 13.5 Å². The highest BCUT2D eigenvalue weighted by Crippen LogP contribution is 2.29. The van der Waals surface area contributed by atoms with Crippen LogP contribution in [0.1, 0.15) is 54.1 Å². The van der Waals surface area contributed by atoms with Crippen molar-refractivity contribution in [3.05, 3.63) is 87.9 Å². The quantitative estimate of drug-likeness (QED) is 0.418. The Bertz CT molecular complexity index is 1110. The summed E-state index contributed by atoms with van der Waals surface area (Å²) in [6, 6.07) is 16.4. The summed E-state index contributed by atoms with van der Waals surface area (Å²) in [5.74, 6) is -0.0924. The normalized spacial score (nSPS) is 14.8. The lowest BCUT2D eigenvalue weighted by Crippen LogP contribution is -2.47. The lowest BCUT2D eigenvalue weighted by Gasteiger charge is -2.33. The van der Waals surface area contributed by atoms with E-state index in [1.807, 2.05) is 35.7 Å². The van der Waals surface area contributed by atoms with Crippen LogP contribution >= 0.6 is 11.3 Å². The van der Waals surface area contributed by atoms with E-state index in [0.717, 1.165) is 36.1 Å². The topological polar surface area (TPSA) is 58.6 Å². The van der Waals surface area contributed by atoms with Crippen LogP contribution in [0.4, 0.5) is 4.39 Å². The van der Waals surface area contributed by atoms with Crippen LogP contribution in [0, 0.1) is 5.82 Å². The summed E-state index contributed by atoms with van der Waals surface area (Å²) in [4.78, 5) is 30.0. The second-order valence-corrected chi connectivity index (χ2v) is 9.96. The van der Waals surface area contributed by atoms with Crippen molar-refractivity contribution in [3.8, 4) is 5.75 Å². The summed E-state index contributed by atoms with van der Waals surface area (Å²) in [5.41, 5.74) is 1.43. The molecule has 7 heteroatoms. The monoisotopic (exact) mass is 494 g/mol. The number of nitrogens with zero attached hydrogens (tertiary/aromatic N) is 1. The molecule has 35 heavy (non-hydrogen) atoms. The molecule has 184 valence electrons. The number of methoxy groups -OCH3 is 1. The van der Waals surface area contributed by atoms with Crippen molar-refractivity contribution < 1.29 is 18.7 Å². The summed E-state index contributed by atoms with van der Waals surface area (Å²) in [7, 11) is 1.58. The molecule has 0 spiro atoms. The molecule has 0 saturated heterocycles. The van der Waals surface area contributed by atoms with Crippen molar-refractivity contribution in [2.24, 2.45) is 0 Å². The first-order valence-electron chi connectivity index (χ1n) is 12.0. The Morgan fingerprint density at radius 2 is 1.86 bits per heavy atom. The van der Waals surface area contributed by atoms with Crippen LogP contribution in [0.15, 0.2) is 66.0 Å². The zero-order valence-electron chi connectivity index (χ0n) is 19.9. The van der Waals surface area contributed by atoms with E-state index in [1.165, 1.54) is 29.9 Å². The van der Waals surface area contributed by atoms with Gasteiger partial charge in [0.25, 0.3) is 0 Å². The molecule has 1 atom stereocenters. The molecule has 2 aromatic carbocycles. The number of ether oxygens (including phenoxy) is 1. The van der Waals surface area contributed by atoms with Gasteiger partial charge in [-0.1, -0.05) is 49.6 Å². The van der Waals surface area contributed by atoms with Gasteiger partial charge in [-0.2, -0.15) is 0 Å². The molecule has 0 aliphatic heterocycles. The SMILES string of the molecule is COc1cccc(C(C(=O)NC2CCCCC2)N(Cc2ccc(F)cc2)C(=O)Cc2cccs2)c1. The summed E-state index contributed by atoms with van der Waals surface area (Å²) in [6.07, 6.45) is 5.43. The number of nitrogens with one attached hydrogen (secondary N) is 1. The second-order valence-electron chi connectivity index (χ2n) is 8.93. The standard InChI is InChI=1S/C28H31FN2O3S/c1-34-24-10-5-7-21(17-24)27(28(33)30-23-8-3-2-4-9-23)31(19-20-12-14-22(29)15-13-20)26(32)18-25-11-6-16-35-25/h5-7,10-17,23,27H,2-4,8-9,18-19H2,1H3,(H,30,33). The van der Waals surface area contributed by atoms with Crippen LogP contribution in [0.2, 0.25) is 0 Å². The van der Waals surface area contributed by atoms with Crippen molar-refractivity contribution in [1.29, 1.82) is 0 Å². The van der Waals surface area contributed by atoms with Gasteiger partial charge < -0.3 is 15.0 Å². The molecule has 1 unspecified atom stereocenters. The largest absolute Gasteiger partial charge is 0.497 e. The highest BCUT2D eigenvalue weighted by atomic mass is 32.1. The predicted octanol–water partition coefficient (Wildman–Crippen LogP) is 5.66. The Balaban J connectivity index is 1.70. The van der Waals surface area contributed by atoms with E-state index in [0.29, 0.717) is 11.3 Å². The molecule has 5 nitrogen and oxygen atoms in total. The summed E-state index contributed by atoms with van der Waals surface area (Å²) in [5, 5.41) is 5.15.